The number of hydrogen-bond donors (Lipinski definition) is 2. The van der Waals surface area contributed by atoms with Crippen LogP contribution in [0.3, 0.4) is 0 Å². The van der Waals surface area contributed by atoms with E-state index in [4.69, 9.17) is 5.11 Å². The number of carbonyl (C=O) groups is 2. The van der Waals surface area contributed by atoms with Crippen LogP contribution in [-0.4, -0.2) is 23.5 Å². The Bertz CT molecular complexity index is 507. The lowest BCUT2D eigenvalue weighted by Gasteiger charge is -2.22. The van der Waals surface area contributed by atoms with E-state index in [1.807, 2.05) is 6.07 Å². The molecule has 1 fully saturated rings. The molecule has 1 aromatic carbocycles. The smallest absolute Gasteiger partial charge is 0.312 e. The normalized spacial score (nSPS) is 15.5. The fraction of sp³-hybridized carbons (Fsp3) is 0.556. The van der Waals surface area contributed by atoms with Crippen molar-refractivity contribution in [3.05, 3.63) is 35.4 Å². The van der Waals surface area contributed by atoms with Gasteiger partial charge in [-0.3, -0.25) is 9.59 Å². The molecule has 1 aliphatic carbocycles. The number of rotatable bonds is 7. The summed E-state index contributed by atoms with van der Waals surface area (Å²) in [6, 6.07) is 8.40. The summed E-state index contributed by atoms with van der Waals surface area (Å²) in [6.45, 7) is 0.494. The van der Waals surface area contributed by atoms with Crippen molar-refractivity contribution in [1.29, 1.82) is 0 Å². The lowest BCUT2D eigenvalue weighted by Crippen LogP contribution is -2.27. The molecule has 22 heavy (non-hydrogen) atoms. The van der Waals surface area contributed by atoms with Gasteiger partial charge in [-0.25, -0.2) is 0 Å². The molecular weight excluding hydrogens is 278 g/mol. The quantitative estimate of drug-likeness (QED) is 0.761. The molecule has 120 valence electrons. The highest BCUT2D eigenvalue weighted by Crippen LogP contribution is 2.27. The van der Waals surface area contributed by atoms with Crippen molar-refractivity contribution in [1.82, 2.24) is 5.32 Å². The minimum atomic E-state index is -1.09. The third-order valence-corrected chi connectivity index (χ3v) is 4.38. The van der Waals surface area contributed by atoms with Crippen molar-refractivity contribution >= 4 is 11.9 Å². The first-order valence-corrected chi connectivity index (χ1v) is 8.20. The number of benzene rings is 1. The van der Waals surface area contributed by atoms with Gasteiger partial charge in [0.15, 0.2) is 0 Å². The van der Waals surface area contributed by atoms with Crippen LogP contribution in [0.4, 0.5) is 0 Å². The zero-order valence-electron chi connectivity index (χ0n) is 13.0. The van der Waals surface area contributed by atoms with E-state index in [1.165, 1.54) is 43.2 Å². The Balaban J connectivity index is 1.85. The molecule has 0 aliphatic heterocycles. The second-order valence-corrected chi connectivity index (χ2v) is 6.15. The van der Waals surface area contributed by atoms with E-state index in [1.54, 1.807) is 0 Å². The van der Waals surface area contributed by atoms with Gasteiger partial charge >= 0.3 is 5.97 Å². The third kappa shape index (κ3) is 5.51. The fourth-order valence-electron chi connectivity index (χ4n) is 3.24. The number of carboxylic acids is 1. The molecule has 0 spiro atoms. The summed E-state index contributed by atoms with van der Waals surface area (Å²) >= 11 is 0. The Morgan fingerprint density at radius 3 is 2.45 bits per heavy atom. The van der Waals surface area contributed by atoms with E-state index in [9.17, 15) is 9.59 Å². The van der Waals surface area contributed by atoms with Gasteiger partial charge in [0.05, 0.1) is 0 Å². The highest BCUT2D eigenvalue weighted by atomic mass is 16.4. The molecule has 0 heterocycles. The Hall–Kier alpha value is -1.84. The van der Waals surface area contributed by atoms with Crippen molar-refractivity contribution in [2.75, 3.05) is 6.54 Å². The summed E-state index contributed by atoms with van der Waals surface area (Å²) in [4.78, 5) is 21.8. The van der Waals surface area contributed by atoms with Crippen molar-refractivity contribution in [3.63, 3.8) is 0 Å². The summed E-state index contributed by atoms with van der Waals surface area (Å²) < 4.78 is 0. The zero-order chi connectivity index (χ0) is 15.8. The molecule has 4 heteroatoms. The molecule has 4 nitrogen and oxygen atoms in total. The zero-order valence-corrected chi connectivity index (χ0v) is 13.0. The van der Waals surface area contributed by atoms with Gasteiger partial charge < -0.3 is 10.4 Å². The van der Waals surface area contributed by atoms with Crippen LogP contribution < -0.4 is 5.32 Å². The Labute approximate surface area is 131 Å². The molecule has 0 bridgehead atoms. The molecular formula is C18H25NO3. The summed E-state index contributed by atoms with van der Waals surface area (Å²) in [6.07, 6.45) is 8.13. The molecule has 1 amide bonds. The average molecular weight is 303 g/mol. The van der Waals surface area contributed by atoms with Gasteiger partial charge in [-0.15, -0.1) is 0 Å². The minimum Gasteiger partial charge on any atom is -0.481 e. The maximum Gasteiger partial charge on any atom is 0.312 e. The van der Waals surface area contributed by atoms with Crippen LogP contribution in [0.5, 0.6) is 0 Å². The van der Waals surface area contributed by atoms with Gasteiger partial charge in [-0.1, -0.05) is 56.4 Å². The van der Waals surface area contributed by atoms with Gasteiger partial charge in [0, 0.05) is 6.54 Å². The standard InChI is InChI=1S/C18H25NO3/c20-17(13-18(21)22)19-11-10-15-8-4-5-9-16(15)12-14-6-2-1-3-7-14/h4-5,8-9,14H,1-3,6-7,10-13H2,(H,19,20)(H,21,22). The number of carbonyl (C=O) groups excluding carboxylic acids is 1. The predicted molar refractivity (Wildman–Crippen MR) is 85.7 cm³/mol. The topological polar surface area (TPSA) is 66.4 Å². The monoisotopic (exact) mass is 303 g/mol. The van der Waals surface area contributed by atoms with Crippen LogP contribution in [0.25, 0.3) is 0 Å². The van der Waals surface area contributed by atoms with E-state index in [-0.39, 0.29) is 0 Å². The van der Waals surface area contributed by atoms with E-state index >= 15 is 0 Å². The molecule has 2 rings (SSSR count). The van der Waals surface area contributed by atoms with E-state index in [0.717, 1.165) is 18.8 Å². The largest absolute Gasteiger partial charge is 0.481 e. The van der Waals surface area contributed by atoms with E-state index in [2.05, 4.69) is 23.5 Å². The first-order valence-electron chi connectivity index (χ1n) is 8.20. The van der Waals surface area contributed by atoms with Crippen LogP contribution >= 0.6 is 0 Å². The highest BCUT2D eigenvalue weighted by Gasteiger charge is 2.15. The maximum atomic E-state index is 11.4. The molecule has 1 aliphatic rings. The van der Waals surface area contributed by atoms with Gasteiger partial charge in [-0.05, 0) is 29.9 Å². The molecule has 2 N–H and O–H groups in total. The molecule has 1 saturated carbocycles. The summed E-state index contributed by atoms with van der Waals surface area (Å²) in [5, 5.41) is 11.2. The fourth-order valence-corrected chi connectivity index (χ4v) is 3.24. The summed E-state index contributed by atoms with van der Waals surface area (Å²) in [7, 11) is 0. The lowest BCUT2D eigenvalue weighted by atomic mass is 9.83. The second kappa shape index (κ2) is 8.57. The number of amides is 1. The van der Waals surface area contributed by atoms with Crippen molar-refractivity contribution in [2.24, 2.45) is 5.92 Å². The summed E-state index contributed by atoms with van der Waals surface area (Å²) in [5.41, 5.74) is 2.64. The Morgan fingerprint density at radius 1 is 1.09 bits per heavy atom. The van der Waals surface area contributed by atoms with E-state index in [0.29, 0.717) is 6.54 Å². The van der Waals surface area contributed by atoms with Crippen LogP contribution in [-0.2, 0) is 22.4 Å². The number of hydrogen-bond acceptors (Lipinski definition) is 2. The van der Waals surface area contributed by atoms with Crippen molar-refractivity contribution in [2.45, 2.75) is 51.4 Å². The first kappa shape index (κ1) is 16.5. The van der Waals surface area contributed by atoms with Crippen molar-refractivity contribution < 1.29 is 14.7 Å². The second-order valence-electron chi connectivity index (χ2n) is 6.15. The molecule has 1 aromatic rings. The number of nitrogens with one attached hydrogen (secondary N) is 1. The SMILES string of the molecule is O=C(O)CC(=O)NCCc1ccccc1CC1CCCCC1. The lowest BCUT2D eigenvalue weighted by molar-refractivity contribution is -0.140. The van der Waals surface area contributed by atoms with Gasteiger partial charge in [0.1, 0.15) is 6.42 Å². The van der Waals surface area contributed by atoms with Crippen molar-refractivity contribution in [3.8, 4) is 0 Å². The molecule has 0 atom stereocenters. The van der Waals surface area contributed by atoms with Gasteiger partial charge in [0.2, 0.25) is 5.91 Å². The molecule has 0 unspecified atom stereocenters. The molecule has 0 saturated heterocycles. The van der Waals surface area contributed by atoms with Crippen LogP contribution in [0, 0.1) is 5.92 Å². The molecule has 0 aromatic heterocycles. The predicted octanol–water partition coefficient (Wildman–Crippen LogP) is 2.94. The van der Waals surface area contributed by atoms with Gasteiger partial charge in [0.25, 0.3) is 0 Å². The van der Waals surface area contributed by atoms with Crippen LogP contribution in [0.2, 0.25) is 0 Å². The van der Waals surface area contributed by atoms with Crippen LogP contribution in [0.1, 0.15) is 49.7 Å². The van der Waals surface area contributed by atoms with E-state index < -0.39 is 18.3 Å². The molecule has 0 radical (unpaired) electrons. The maximum absolute atomic E-state index is 11.4. The number of carboxylic acid groups (broad SMARTS) is 1. The third-order valence-electron chi connectivity index (χ3n) is 4.38. The minimum absolute atomic E-state index is 0.419. The van der Waals surface area contributed by atoms with Gasteiger partial charge in [-0.2, -0.15) is 0 Å². The Kier molecular flexibility index (Phi) is 6.44. The average Bonchev–Trinajstić information content (AvgIpc) is 2.49. The highest BCUT2D eigenvalue weighted by molar-refractivity contribution is 5.93. The number of aliphatic carboxylic acids is 1. The first-order chi connectivity index (χ1) is 10.6. The summed E-state index contributed by atoms with van der Waals surface area (Å²) in [5.74, 6) is -0.719. The Morgan fingerprint density at radius 2 is 1.77 bits per heavy atom. The van der Waals surface area contributed by atoms with Crippen LogP contribution in [0.15, 0.2) is 24.3 Å².